The lowest BCUT2D eigenvalue weighted by molar-refractivity contribution is -0.274. The van der Waals surface area contributed by atoms with Gasteiger partial charge < -0.3 is 14.4 Å². The van der Waals surface area contributed by atoms with Crippen LogP contribution < -0.4 is 9.64 Å². The molecule has 0 radical (unpaired) electrons. The van der Waals surface area contributed by atoms with E-state index in [2.05, 4.69) is 4.74 Å². The predicted octanol–water partition coefficient (Wildman–Crippen LogP) is 5.34. The van der Waals surface area contributed by atoms with Crippen molar-refractivity contribution in [2.45, 2.75) is 45.5 Å². The van der Waals surface area contributed by atoms with Gasteiger partial charge in [0.05, 0.1) is 18.7 Å². The van der Waals surface area contributed by atoms with Crippen LogP contribution in [0.2, 0.25) is 0 Å². The largest absolute Gasteiger partial charge is 0.573 e. The average molecular weight is 425 g/mol. The molecule has 0 saturated heterocycles. The van der Waals surface area contributed by atoms with Crippen LogP contribution in [0.1, 0.15) is 42.9 Å². The maximum Gasteiger partial charge on any atom is 0.573 e. The highest BCUT2D eigenvalue weighted by molar-refractivity contribution is 5.70. The lowest BCUT2D eigenvalue weighted by Crippen LogP contribution is -2.31. The maximum absolute atomic E-state index is 14.3. The summed E-state index contributed by atoms with van der Waals surface area (Å²) in [6.07, 6.45) is -3.94. The van der Waals surface area contributed by atoms with Gasteiger partial charge in [0.1, 0.15) is 11.6 Å². The third-order valence-corrected chi connectivity index (χ3v) is 5.08. The van der Waals surface area contributed by atoms with Crippen LogP contribution in [-0.4, -0.2) is 25.5 Å². The predicted molar refractivity (Wildman–Crippen MR) is 104 cm³/mol. The van der Waals surface area contributed by atoms with E-state index in [0.29, 0.717) is 26.1 Å². The summed E-state index contributed by atoms with van der Waals surface area (Å²) in [5.41, 5.74) is 3.14. The zero-order chi connectivity index (χ0) is 21.9. The van der Waals surface area contributed by atoms with Crippen molar-refractivity contribution in [3.8, 4) is 5.75 Å². The summed E-state index contributed by atoms with van der Waals surface area (Å²) in [5, 5.41) is 0. The smallest absolute Gasteiger partial charge is 0.466 e. The molecule has 0 saturated carbocycles. The number of esters is 1. The van der Waals surface area contributed by atoms with Gasteiger partial charge in [0.2, 0.25) is 0 Å². The van der Waals surface area contributed by atoms with Crippen LogP contribution >= 0.6 is 0 Å². The number of hydrogen-bond donors (Lipinski definition) is 0. The molecule has 1 atom stereocenters. The van der Waals surface area contributed by atoms with Gasteiger partial charge in [0.25, 0.3) is 0 Å². The van der Waals surface area contributed by atoms with E-state index in [0.717, 1.165) is 34.9 Å². The number of alkyl halides is 3. The van der Waals surface area contributed by atoms with E-state index in [1.807, 2.05) is 25.1 Å². The number of carbonyl (C=O) groups is 1. The second-order valence-corrected chi connectivity index (χ2v) is 7.27. The Bertz CT molecular complexity index is 914. The summed E-state index contributed by atoms with van der Waals surface area (Å²) in [6.45, 7) is 4.89. The van der Waals surface area contributed by atoms with Crippen LogP contribution in [0.4, 0.5) is 23.2 Å². The molecule has 1 aliphatic rings. The highest BCUT2D eigenvalue weighted by atomic mass is 19.4. The van der Waals surface area contributed by atoms with Crippen molar-refractivity contribution in [2.75, 3.05) is 18.1 Å². The first-order chi connectivity index (χ1) is 14.2. The van der Waals surface area contributed by atoms with E-state index in [1.165, 1.54) is 0 Å². The van der Waals surface area contributed by atoms with Gasteiger partial charge in [-0.05, 0) is 48.1 Å². The number of hydrogen-bond acceptors (Lipinski definition) is 4. The quantitative estimate of drug-likeness (QED) is 0.462. The minimum Gasteiger partial charge on any atom is -0.466 e. The molecule has 3 rings (SSSR count). The van der Waals surface area contributed by atoms with Gasteiger partial charge in [0.15, 0.2) is 0 Å². The summed E-state index contributed by atoms with van der Waals surface area (Å²) in [7, 11) is 0. The fraction of sp³-hybridized carbons (Fsp3) is 0.409. The van der Waals surface area contributed by atoms with Gasteiger partial charge in [-0.25, -0.2) is 4.39 Å². The summed E-state index contributed by atoms with van der Waals surface area (Å²) in [4.78, 5) is 13.4. The van der Waals surface area contributed by atoms with E-state index in [4.69, 9.17) is 4.74 Å². The van der Waals surface area contributed by atoms with Gasteiger partial charge >= 0.3 is 12.3 Å². The van der Waals surface area contributed by atoms with E-state index in [9.17, 15) is 22.4 Å². The summed E-state index contributed by atoms with van der Waals surface area (Å²) >= 11 is 0. The highest BCUT2D eigenvalue weighted by Crippen LogP contribution is 2.33. The topological polar surface area (TPSA) is 38.8 Å². The molecule has 30 heavy (non-hydrogen) atoms. The molecule has 8 heteroatoms. The fourth-order valence-corrected chi connectivity index (χ4v) is 3.60. The third kappa shape index (κ3) is 5.43. The number of rotatable bonds is 6. The Kier molecular flexibility index (Phi) is 6.53. The Morgan fingerprint density at radius 3 is 2.63 bits per heavy atom. The van der Waals surface area contributed by atoms with Gasteiger partial charge in [-0.1, -0.05) is 25.1 Å². The Labute approximate surface area is 172 Å². The first-order valence-electron chi connectivity index (χ1n) is 9.74. The Hall–Kier alpha value is -2.77. The second-order valence-electron chi connectivity index (χ2n) is 7.27. The zero-order valence-corrected chi connectivity index (χ0v) is 16.8. The molecule has 1 heterocycles. The van der Waals surface area contributed by atoms with Crippen molar-refractivity contribution in [1.29, 1.82) is 0 Å². The number of benzene rings is 2. The molecule has 0 aromatic heterocycles. The molecule has 162 valence electrons. The van der Waals surface area contributed by atoms with Crippen molar-refractivity contribution in [3.63, 3.8) is 0 Å². The normalized spacial score (nSPS) is 14.8. The number of halogens is 4. The summed E-state index contributed by atoms with van der Waals surface area (Å²) in [5.74, 6) is -1.30. The van der Waals surface area contributed by atoms with E-state index in [1.54, 1.807) is 11.8 Å². The van der Waals surface area contributed by atoms with Gasteiger partial charge in [-0.3, -0.25) is 4.79 Å². The molecular formula is C22H23F4NO3. The molecule has 0 spiro atoms. The average Bonchev–Trinajstić information content (AvgIpc) is 2.67. The van der Waals surface area contributed by atoms with Crippen LogP contribution in [0.3, 0.4) is 0 Å². The Morgan fingerprint density at radius 1 is 1.17 bits per heavy atom. The maximum atomic E-state index is 14.3. The van der Waals surface area contributed by atoms with E-state index < -0.39 is 17.9 Å². The molecule has 1 aliphatic heterocycles. The molecule has 0 bridgehead atoms. The molecule has 2 aromatic rings. The molecule has 4 nitrogen and oxygen atoms in total. The summed E-state index contributed by atoms with van der Waals surface area (Å²) < 4.78 is 60.7. The molecule has 0 aliphatic carbocycles. The standard InChI is InChI=1S/C22H23F4NO3/c1-3-29-21(28)10-14(2)15-4-5-17-13-27(9-8-16(17)11-15)20-12-18(6-7-19(20)23)30-22(24,25)26/h4-7,11-12,14H,3,8-10,13H2,1-2H3. The Morgan fingerprint density at radius 2 is 1.93 bits per heavy atom. The van der Waals surface area contributed by atoms with Gasteiger partial charge in [-0.15, -0.1) is 13.2 Å². The highest BCUT2D eigenvalue weighted by Gasteiger charge is 2.31. The minimum atomic E-state index is -4.83. The van der Waals surface area contributed by atoms with Crippen molar-refractivity contribution in [3.05, 3.63) is 58.9 Å². The number of fused-ring (bicyclic) bond motifs is 1. The third-order valence-electron chi connectivity index (χ3n) is 5.08. The number of anilines is 1. The Balaban J connectivity index is 1.75. The van der Waals surface area contributed by atoms with Gasteiger partial charge in [-0.2, -0.15) is 0 Å². The second kappa shape index (κ2) is 8.93. The van der Waals surface area contributed by atoms with E-state index >= 15 is 0 Å². The SMILES string of the molecule is CCOC(=O)CC(C)c1ccc2c(c1)CCN(c1cc(OC(F)(F)F)ccc1F)C2. The molecular weight excluding hydrogens is 402 g/mol. The molecule has 0 N–H and O–H groups in total. The first kappa shape index (κ1) is 21.9. The summed E-state index contributed by atoms with van der Waals surface area (Å²) in [6, 6.07) is 8.89. The van der Waals surface area contributed by atoms with E-state index in [-0.39, 0.29) is 24.0 Å². The van der Waals surface area contributed by atoms with Crippen LogP contribution in [-0.2, 0) is 22.5 Å². The van der Waals surface area contributed by atoms with Crippen molar-refractivity contribution in [1.82, 2.24) is 0 Å². The first-order valence-corrected chi connectivity index (χ1v) is 9.74. The minimum absolute atomic E-state index is 0.000947. The molecule has 2 aromatic carbocycles. The van der Waals surface area contributed by atoms with Crippen molar-refractivity contribution < 1.29 is 31.8 Å². The van der Waals surface area contributed by atoms with Crippen LogP contribution in [0.5, 0.6) is 5.75 Å². The monoisotopic (exact) mass is 425 g/mol. The fourth-order valence-electron chi connectivity index (χ4n) is 3.60. The van der Waals surface area contributed by atoms with Crippen LogP contribution in [0.15, 0.2) is 36.4 Å². The van der Waals surface area contributed by atoms with Crippen LogP contribution in [0, 0.1) is 5.82 Å². The lowest BCUT2D eigenvalue weighted by atomic mass is 9.91. The molecule has 0 amide bonds. The molecule has 1 unspecified atom stereocenters. The number of carbonyl (C=O) groups excluding carboxylic acids is 1. The molecule has 0 fully saturated rings. The van der Waals surface area contributed by atoms with Crippen LogP contribution in [0.25, 0.3) is 0 Å². The van der Waals surface area contributed by atoms with Crippen molar-refractivity contribution in [2.24, 2.45) is 0 Å². The zero-order valence-electron chi connectivity index (χ0n) is 16.8. The number of nitrogens with zero attached hydrogens (tertiary/aromatic N) is 1. The van der Waals surface area contributed by atoms with Crippen molar-refractivity contribution >= 4 is 11.7 Å². The number of ether oxygens (including phenoxy) is 2. The van der Waals surface area contributed by atoms with Gasteiger partial charge in [0, 0.05) is 19.2 Å². The lowest BCUT2D eigenvalue weighted by Gasteiger charge is -2.32.